The van der Waals surface area contributed by atoms with E-state index in [1.54, 1.807) is 0 Å². The summed E-state index contributed by atoms with van der Waals surface area (Å²) in [5, 5.41) is 0. The molecule has 0 spiro atoms. The minimum Gasteiger partial charge on any atom is -0.0625 e. The van der Waals surface area contributed by atoms with E-state index in [1.165, 1.54) is 31.2 Å². The zero-order valence-corrected chi connectivity index (χ0v) is 12.4. The molecule has 0 aliphatic heterocycles. The zero-order valence-electron chi connectivity index (χ0n) is 12.4. The lowest BCUT2D eigenvalue weighted by molar-refractivity contribution is 0.139. The molecule has 100 valence electrons. The van der Waals surface area contributed by atoms with Gasteiger partial charge in [0.25, 0.3) is 0 Å². The molecule has 1 unspecified atom stereocenters. The van der Waals surface area contributed by atoms with Gasteiger partial charge in [-0.1, -0.05) is 58.0 Å². The molecule has 0 saturated heterocycles. The minimum absolute atomic E-state index is 0.531. The molecule has 1 saturated carbocycles. The van der Waals surface area contributed by atoms with Crippen molar-refractivity contribution in [3.63, 3.8) is 0 Å². The van der Waals surface area contributed by atoms with Crippen molar-refractivity contribution in [2.75, 3.05) is 0 Å². The standard InChI is InChI=1S/C18H28/c1-14(2)17-13-12-16(18(17,3)4)11-10-15-8-6-5-7-9-15/h5-9,14,16-17H,10-13H2,1-4H3/t16-,17?/m0/s1. The fourth-order valence-electron chi connectivity index (χ4n) is 4.12. The van der Waals surface area contributed by atoms with Crippen LogP contribution in [0.15, 0.2) is 30.3 Å². The first-order valence-corrected chi connectivity index (χ1v) is 7.55. The van der Waals surface area contributed by atoms with Crippen molar-refractivity contribution in [1.29, 1.82) is 0 Å². The van der Waals surface area contributed by atoms with Crippen molar-refractivity contribution in [2.24, 2.45) is 23.2 Å². The lowest BCUT2D eigenvalue weighted by Crippen LogP contribution is -2.28. The molecule has 1 aromatic carbocycles. The van der Waals surface area contributed by atoms with Gasteiger partial charge >= 0.3 is 0 Å². The first-order valence-electron chi connectivity index (χ1n) is 7.55. The molecular weight excluding hydrogens is 216 g/mol. The third kappa shape index (κ3) is 2.79. The maximum atomic E-state index is 2.50. The van der Waals surface area contributed by atoms with Crippen LogP contribution in [0.25, 0.3) is 0 Å². The number of benzene rings is 1. The molecule has 0 nitrogen and oxygen atoms in total. The summed E-state index contributed by atoms with van der Waals surface area (Å²) in [6, 6.07) is 11.0. The number of rotatable bonds is 4. The topological polar surface area (TPSA) is 0 Å². The van der Waals surface area contributed by atoms with E-state index in [0.717, 1.165) is 17.8 Å². The van der Waals surface area contributed by atoms with Gasteiger partial charge in [-0.2, -0.15) is 0 Å². The van der Waals surface area contributed by atoms with Crippen LogP contribution in [0.5, 0.6) is 0 Å². The van der Waals surface area contributed by atoms with E-state index >= 15 is 0 Å². The van der Waals surface area contributed by atoms with E-state index < -0.39 is 0 Å². The van der Waals surface area contributed by atoms with Gasteiger partial charge in [-0.25, -0.2) is 0 Å². The van der Waals surface area contributed by atoms with E-state index in [1.807, 2.05) is 0 Å². The third-order valence-corrected chi connectivity index (χ3v) is 5.26. The molecule has 18 heavy (non-hydrogen) atoms. The second-order valence-electron chi connectivity index (χ2n) is 6.97. The summed E-state index contributed by atoms with van der Waals surface area (Å²) in [5.74, 6) is 2.66. The van der Waals surface area contributed by atoms with Gasteiger partial charge in [0, 0.05) is 0 Å². The van der Waals surface area contributed by atoms with E-state index in [2.05, 4.69) is 58.0 Å². The van der Waals surface area contributed by atoms with Crippen LogP contribution in [0.4, 0.5) is 0 Å². The molecule has 1 aliphatic rings. The maximum Gasteiger partial charge on any atom is -0.0276 e. The predicted octanol–water partition coefficient (Wildman–Crippen LogP) is 5.33. The van der Waals surface area contributed by atoms with Gasteiger partial charge in [0.15, 0.2) is 0 Å². The quantitative estimate of drug-likeness (QED) is 0.671. The number of aryl methyl sites for hydroxylation is 1. The van der Waals surface area contributed by atoms with Gasteiger partial charge in [-0.15, -0.1) is 0 Å². The molecule has 2 rings (SSSR count). The first kappa shape index (κ1) is 13.6. The average molecular weight is 244 g/mol. The van der Waals surface area contributed by atoms with Crippen molar-refractivity contribution in [1.82, 2.24) is 0 Å². The van der Waals surface area contributed by atoms with E-state index in [4.69, 9.17) is 0 Å². The predicted molar refractivity (Wildman–Crippen MR) is 79.6 cm³/mol. The highest BCUT2D eigenvalue weighted by Gasteiger charge is 2.43. The molecule has 0 aromatic heterocycles. The van der Waals surface area contributed by atoms with Crippen molar-refractivity contribution in [3.05, 3.63) is 35.9 Å². The molecule has 0 N–H and O–H groups in total. The van der Waals surface area contributed by atoms with Crippen molar-refractivity contribution in [3.8, 4) is 0 Å². The van der Waals surface area contributed by atoms with Gasteiger partial charge in [-0.05, 0) is 54.4 Å². The molecule has 0 amide bonds. The Hall–Kier alpha value is -0.780. The fourth-order valence-corrected chi connectivity index (χ4v) is 4.12. The Bertz CT molecular complexity index is 361. The molecular formula is C18H28. The first-order chi connectivity index (χ1) is 8.51. The largest absolute Gasteiger partial charge is 0.0625 e. The second-order valence-corrected chi connectivity index (χ2v) is 6.97. The fraction of sp³-hybridized carbons (Fsp3) is 0.667. The van der Waals surface area contributed by atoms with E-state index in [0.29, 0.717) is 5.41 Å². The highest BCUT2D eigenvalue weighted by molar-refractivity contribution is 5.15. The number of hydrogen-bond donors (Lipinski definition) is 0. The zero-order chi connectivity index (χ0) is 13.2. The van der Waals surface area contributed by atoms with Crippen LogP contribution in [0.3, 0.4) is 0 Å². The summed E-state index contributed by atoms with van der Waals surface area (Å²) >= 11 is 0. The summed E-state index contributed by atoms with van der Waals surface area (Å²) in [5.41, 5.74) is 2.03. The summed E-state index contributed by atoms with van der Waals surface area (Å²) in [4.78, 5) is 0. The van der Waals surface area contributed by atoms with Crippen molar-refractivity contribution < 1.29 is 0 Å². The van der Waals surface area contributed by atoms with Crippen molar-refractivity contribution in [2.45, 2.75) is 53.4 Å². The summed E-state index contributed by atoms with van der Waals surface area (Å²) < 4.78 is 0. The Kier molecular flexibility index (Phi) is 4.14. The minimum atomic E-state index is 0.531. The Morgan fingerprint density at radius 1 is 1.11 bits per heavy atom. The molecule has 1 aromatic rings. The Balaban J connectivity index is 1.95. The molecule has 0 radical (unpaired) electrons. The Labute approximate surface area is 113 Å². The van der Waals surface area contributed by atoms with Crippen LogP contribution < -0.4 is 0 Å². The van der Waals surface area contributed by atoms with Crippen LogP contribution in [-0.2, 0) is 6.42 Å². The van der Waals surface area contributed by atoms with Crippen molar-refractivity contribution >= 4 is 0 Å². The monoisotopic (exact) mass is 244 g/mol. The lowest BCUT2D eigenvalue weighted by Gasteiger charge is -2.35. The molecule has 1 fully saturated rings. The molecule has 1 aliphatic carbocycles. The van der Waals surface area contributed by atoms with E-state index in [9.17, 15) is 0 Å². The summed E-state index contributed by atoms with van der Waals surface area (Å²) in [6.45, 7) is 9.79. The smallest absolute Gasteiger partial charge is 0.0276 e. The average Bonchev–Trinajstić information content (AvgIpc) is 2.63. The maximum absolute atomic E-state index is 2.50. The van der Waals surface area contributed by atoms with E-state index in [-0.39, 0.29) is 0 Å². The second kappa shape index (κ2) is 5.47. The summed E-state index contributed by atoms with van der Waals surface area (Å²) in [7, 11) is 0. The number of hydrogen-bond acceptors (Lipinski definition) is 0. The van der Waals surface area contributed by atoms with Crippen LogP contribution >= 0.6 is 0 Å². The van der Waals surface area contributed by atoms with Crippen LogP contribution in [0.2, 0.25) is 0 Å². The molecule has 0 bridgehead atoms. The molecule has 2 atom stereocenters. The van der Waals surface area contributed by atoms with Gasteiger partial charge in [0.2, 0.25) is 0 Å². The molecule has 0 heterocycles. The SMILES string of the molecule is CC(C)C1CC[C@H](CCc2ccccc2)C1(C)C. The van der Waals surface area contributed by atoms with Gasteiger partial charge in [-0.3, -0.25) is 0 Å². The highest BCUT2D eigenvalue weighted by atomic mass is 14.5. The highest BCUT2D eigenvalue weighted by Crippen LogP contribution is 2.52. The van der Waals surface area contributed by atoms with Gasteiger partial charge < -0.3 is 0 Å². The normalized spacial score (nSPS) is 26.7. The third-order valence-electron chi connectivity index (χ3n) is 5.26. The van der Waals surface area contributed by atoms with Gasteiger partial charge in [0.1, 0.15) is 0 Å². The van der Waals surface area contributed by atoms with Gasteiger partial charge in [0.05, 0.1) is 0 Å². The Morgan fingerprint density at radius 2 is 1.78 bits per heavy atom. The van der Waals surface area contributed by atoms with Crippen LogP contribution in [-0.4, -0.2) is 0 Å². The molecule has 0 heteroatoms. The lowest BCUT2D eigenvalue weighted by atomic mass is 9.70. The van der Waals surface area contributed by atoms with Crippen LogP contribution in [0.1, 0.15) is 52.5 Å². The summed E-state index contributed by atoms with van der Waals surface area (Å²) in [6.07, 6.45) is 5.48. The Morgan fingerprint density at radius 3 is 2.33 bits per heavy atom. The van der Waals surface area contributed by atoms with Crippen LogP contribution in [0, 0.1) is 23.2 Å².